The minimum Gasteiger partial charge on any atom is -0.493 e. The number of nitrogens with zero attached hydrogens (tertiary/aromatic N) is 1. The number of carbonyl (C=O) groups excluding carboxylic acids is 1. The molecule has 0 atom stereocenters. The van der Waals surface area contributed by atoms with Gasteiger partial charge in [0.25, 0.3) is 5.91 Å². The number of nitrogens with one attached hydrogen (secondary N) is 2. The van der Waals surface area contributed by atoms with Crippen molar-refractivity contribution in [3.63, 3.8) is 0 Å². The van der Waals surface area contributed by atoms with E-state index >= 15 is 0 Å². The van der Waals surface area contributed by atoms with Crippen LogP contribution in [0.5, 0.6) is 11.5 Å². The summed E-state index contributed by atoms with van der Waals surface area (Å²) in [4.78, 5) is 20.8. The van der Waals surface area contributed by atoms with Gasteiger partial charge in [0.15, 0.2) is 16.6 Å². The van der Waals surface area contributed by atoms with E-state index in [0.717, 1.165) is 27.9 Å². The molecule has 0 aliphatic heterocycles. The maximum atomic E-state index is 12.7. The number of anilines is 1. The van der Waals surface area contributed by atoms with Gasteiger partial charge in [-0.25, -0.2) is 4.98 Å². The van der Waals surface area contributed by atoms with Crippen LogP contribution in [0.1, 0.15) is 29.9 Å². The first kappa shape index (κ1) is 20.0. The van der Waals surface area contributed by atoms with Crippen LogP contribution in [-0.4, -0.2) is 29.1 Å². The smallest absolute Gasteiger partial charge is 0.257 e. The summed E-state index contributed by atoms with van der Waals surface area (Å²) in [5.74, 6) is 0.877. The fraction of sp³-hybridized carbons (Fsp3) is 0.217. The molecule has 154 valence electrons. The molecule has 0 spiro atoms. The molecule has 1 amide bonds. The molecule has 0 bridgehead atoms. The van der Waals surface area contributed by atoms with Crippen LogP contribution in [0.4, 0.5) is 5.13 Å². The van der Waals surface area contributed by atoms with Gasteiger partial charge < -0.3 is 14.5 Å². The van der Waals surface area contributed by atoms with Crippen LogP contribution in [0, 0.1) is 6.92 Å². The number of benzene rings is 2. The van der Waals surface area contributed by atoms with Crippen molar-refractivity contribution in [3.05, 3.63) is 59.1 Å². The van der Waals surface area contributed by atoms with Gasteiger partial charge in [0.2, 0.25) is 0 Å². The zero-order valence-electron chi connectivity index (χ0n) is 17.3. The minimum absolute atomic E-state index is 0.0142. The van der Waals surface area contributed by atoms with Gasteiger partial charge in [0.1, 0.15) is 0 Å². The van der Waals surface area contributed by atoms with Crippen molar-refractivity contribution >= 4 is 33.3 Å². The molecule has 6 nitrogen and oxygen atoms in total. The molecule has 0 aliphatic rings. The lowest BCUT2D eigenvalue weighted by molar-refractivity contribution is 0.102. The highest BCUT2D eigenvalue weighted by Gasteiger charge is 2.16. The summed E-state index contributed by atoms with van der Waals surface area (Å²) in [7, 11) is 1.56. The lowest BCUT2D eigenvalue weighted by Crippen LogP contribution is -2.12. The largest absolute Gasteiger partial charge is 0.493 e. The van der Waals surface area contributed by atoms with Gasteiger partial charge in [0, 0.05) is 33.1 Å². The second-order valence-electron chi connectivity index (χ2n) is 7.19. The maximum absolute atomic E-state index is 12.7. The van der Waals surface area contributed by atoms with Crippen LogP contribution in [0.25, 0.3) is 22.2 Å². The van der Waals surface area contributed by atoms with Crippen LogP contribution < -0.4 is 14.8 Å². The van der Waals surface area contributed by atoms with Crippen molar-refractivity contribution in [1.29, 1.82) is 0 Å². The molecule has 2 aromatic heterocycles. The molecule has 0 unspecified atom stereocenters. The lowest BCUT2D eigenvalue weighted by atomic mass is 10.1. The SMILES string of the molecule is COc1cc(C(=O)Nc2nc(-c3c(C)[nH]c4ccccc34)cs2)ccc1OC(C)C. The van der Waals surface area contributed by atoms with Crippen molar-refractivity contribution in [1.82, 2.24) is 9.97 Å². The predicted octanol–water partition coefficient (Wildman–Crippen LogP) is 5.65. The average Bonchev–Trinajstić information content (AvgIpc) is 3.30. The molecule has 7 heteroatoms. The number of hydrogen-bond donors (Lipinski definition) is 2. The first-order chi connectivity index (χ1) is 14.5. The van der Waals surface area contributed by atoms with Crippen LogP contribution in [-0.2, 0) is 0 Å². The molecular weight excluding hydrogens is 398 g/mol. The molecule has 2 N–H and O–H groups in total. The molecule has 4 aromatic rings. The summed E-state index contributed by atoms with van der Waals surface area (Å²) in [6.45, 7) is 5.91. The van der Waals surface area contributed by atoms with E-state index in [1.165, 1.54) is 11.3 Å². The van der Waals surface area contributed by atoms with E-state index in [-0.39, 0.29) is 12.0 Å². The first-order valence-electron chi connectivity index (χ1n) is 9.65. The fourth-order valence-electron chi connectivity index (χ4n) is 3.38. The number of methoxy groups -OCH3 is 1. The van der Waals surface area contributed by atoms with Crippen LogP contribution >= 0.6 is 11.3 Å². The monoisotopic (exact) mass is 421 g/mol. The fourth-order valence-corrected chi connectivity index (χ4v) is 4.08. The van der Waals surface area contributed by atoms with Crippen molar-refractivity contribution in [2.45, 2.75) is 26.9 Å². The Labute approximate surface area is 178 Å². The number of H-pyrrole nitrogens is 1. The van der Waals surface area contributed by atoms with E-state index in [9.17, 15) is 4.79 Å². The molecule has 0 saturated heterocycles. The number of thiazole rings is 1. The number of aryl methyl sites for hydroxylation is 1. The van der Waals surface area contributed by atoms with E-state index < -0.39 is 0 Å². The third-order valence-corrected chi connectivity index (χ3v) is 5.42. The Morgan fingerprint density at radius 2 is 1.97 bits per heavy atom. The van der Waals surface area contributed by atoms with Crippen LogP contribution in [0.3, 0.4) is 0 Å². The van der Waals surface area contributed by atoms with Gasteiger partial charge in [0.05, 0.1) is 18.9 Å². The van der Waals surface area contributed by atoms with Crippen LogP contribution in [0.15, 0.2) is 47.8 Å². The summed E-state index contributed by atoms with van der Waals surface area (Å²) in [6.07, 6.45) is 0.0142. The number of aromatic amines is 1. The number of amides is 1. The molecule has 0 aliphatic carbocycles. The quantitative estimate of drug-likeness (QED) is 0.422. The normalized spacial score (nSPS) is 11.1. The number of para-hydroxylation sites is 1. The highest BCUT2D eigenvalue weighted by Crippen LogP contribution is 2.34. The van der Waals surface area contributed by atoms with E-state index in [1.807, 2.05) is 44.4 Å². The predicted molar refractivity (Wildman–Crippen MR) is 121 cm³/mol. The summed E-state index contributed by atoms with van der Waals surface area (Å²) >= 11 is 1.40. The Balaban J connectivity index is 1.57. The van der Waals surface area contributed by atoms with Gasteiger partial charge in [-0.3, -0.25) is 10.1 Å². The molecule has 0 fully saturated rings. The van der Waals surface area contributed by atoms with E-state index in [1.54, 1.807) is 25.3 Å². The first-order valence-corrected chi connectivity index (χ1v) is 10.5. The summed E-state index contributed by atoms with van der Waals surface area (Å²) in [5.41, 5.74) is 4.48. The molecule has 2 aromatic carbocycles. The summed E-state index contributed by atoms with van der Waals surface area (Å²) in [5, 5.41) is 6.50. The van der Waals surface area contributed by atoms with Gasteiger partial charge >= 0.3 is 0 Å². The Hall–Kier alpha value is -3.32. The molecular formula is C23H23N3O3S. The zero-order chi connectivity index (χ0) is 21.3. The van der Waals surface area contributed by atoms with Crippen molar-refractivity contribution in [2.75, 3.05) is 12.4 Å². The summed E-state index contributed by atoms with van der Waals surface area (Å²) in [6, 6.07) is 13.3. The van der Waals surface area contributed by atoms with E-state index in [0.29, 0.717) is 22.2 Å². The third-order valence-electron chi connectivity index (χ3n) is 4.66. The Morgan fingerprint density at radius 1 is 1.17 bits per heavy atom. The molecule has 30 heavy (non-hydrogen) atoms. The maximum Gasteiger partial charge on any atom is 0.257 e. The Morgan fingerprint density at radius 3 is 2.73 bits per heavy atom. The number of carbonyl (C=O) groups is 1. The molecule has 4 rings (SSSR count). The van der Waals surface area contributed by atoms with Gasteiger partial charge in [-0.05, 0) is 45.0 Å². The van der Waals surface area contributed by atoms with Crippen LogP contribution in [0.2, 0.25) is 0 Å². The van der Waals surface area contributed by atoms with E-state index in [2.05, 4.69) is 21.4 Å². The average molecular weight is 422 g/mol. The lowest BCUT2D eigenvalue weighted by Gasteiger charge is -2.14. The molecule has 0 saturated carbocycles. The van der Waals surface area contributed by atoms with Gasteiger partial charge in [-0.2, -0.15) is 0 Å². The van der Waals surface area contributed by atoms with Crippen molar-refractivity contribution in [3.8, 4) is 22.8 Å². The highest BCUT2D eigenvalue weighted by atomic mass is 32.1. The third kappa shape index (κ3) is 3.89. The second-order valence-corrected chi connectivity index (χ2v) is 8.05. The second kappa shape index (κ2) is 8.20. The van der Waals surface area contributed by atoms with Crippen molar-refractivity contribution in [2.24, 2.45) is 0 Å². The molecule has 0 radical (unpaired) electrons. The molecule has 2 heterocycles. The minimum atomic E-state index is -0.249. The Bertz CT molecular complexity index is 1210. The highest BCUT2D eigenvalue weighted by molar-refractivity contribution is 7.14. The summed E-state index contributed by atoms with van der Waals surface area (Å²) < 4.78 is 11.1. The Kier molecular flexibility index (Phi) is 5.46. The number of aromatic nitrogens is 2. The number of fused-ring (bicyclic) bond motifs is 1. The topological polar surface area (TPSA) is 76.2 Å². The zero-order valence-corrected chi connectivity index (χ0v) is 18.1. The number of rotatable bonds is 6. The van der Waals surface area contributed by atoms with Crippen molar-refractivity contribution < 1.29 is 14.3 Å². The van der Waals surface area contributed by atoms with E-state index in [4.69, 9.17) is 9.47 Å². The van der Waals surface area contributed by atoms with Gasteiger partial charge in [-0.15, -0.1) is 11.3 Å². The number of hydrogen-bond acceptors (Lipinski definition) is 5. The standard InChI is InChI=1S/C23H23N3O3S/c1-13(2)29-19-10-9-15(11-20(19)28-4)22(27)26-23-25-18(12-30-23)21-14(3)24-17-8-6-5-7-16(17)21/h5-13,24H,1-4H3,(H,25,26,27). The van der Waals surface area contributed by atoms with Gasteiger partial charge in [-0.1, -0.05) is 18.2 Å². The number of ether oxygens (including phenoxy) is 2.